The monoisotopic (exact) mass is 413 g/mol. The summed E-state index contributed by atoms with van der Waals surface area (Å²) in [5.41, 5.74) is 2.95. The van der Waals surface area contributed by atoms with Gasteiger partial charge in [0.1, 0.15) is 24.0 Å². The molecule has 0 aliphatic heterocycles. The number of non-ortho nitro benzene ring substituents is 1. The Morgan fingerprint density at radius 3 is 2.55 bits per heavy atom. The molecule has 0 aromatic heterocycles. The van der Waals surface area contributed by atoms with Crippen LogP contribution in [-0.4, -0.2) is 10.8 Å². The average Bonchev–Trinajstić information content (AvgIpc) is 2.78. The maximum atomic E-state index is 12.5. The molecule has 0 atom stereocenters. The number of carbonyl (C=O) groups is 1. The molecule has 31 heavy (non-hydrogen) atoms. The van der Waals surface area contributed by atoms with Crippen molar-refractivity contribution in [3.8, 4) is 11.8 Å². The Morgan fingerprint density at radius 1 is 1.13 bits per heavy atom. The number of nitrogens with zero attached hydrogens (tertiary/aromatic N) is 2. The van der Waals surface area contributed by atoms with E-state index in [4.69, 9.17) is 4.74 Å². The predicted octanol–water partition coefficient (Wildman–Crippen LogP) is 5.03. The van der Waals surface area contributed by atoms with Crippen molar-refractivity contribution in [2.75, 3.05) is 5.32 Å². The normalized spacial score (nSPS) is 10.8. The molecular weight excluding hydrogens is 394 g/mol. The number of anilines is 1. The van der Waals surface area contributed by atoms with E-state index in [1.807, 2.05) is 31.2 Å². The highest BCUT2D eigenvalue weighted by atomic mass is 16.6. The number of para-hydroxylation sites is 1. The fourth-order valence-corrected chi connectivity index (χ4v) is 2.79. The number of hydrogen-bond donors (Lipinski definition) is 1. The lowest BCUT2D eigenvalue weighted by atomic mass is 10.1. The maximum absolute atomic E-state index is 12.5. The van der Waals surface area contributed by atoms with Crippen molar-refractivity contribution in [1.29, 1.82) is 5.26 Å². The second-order valence-corrected chi connectivity index (χ2v) is 6.72. The molecule has 0 aliphatic rings. The van der Waals surface area contributed by atoms with Crippen molar-refractivity contribution in [1.82, 2.24) is 0 Å². The van der Waals surface area contributed by atoms with Gasteiger partial charge < -0.3 is 10.1 Å². The van der Waals surface area contributed by atoms with Crippen molar-refractivity contribution in [3.63, 3.8) is 0 Å². The molecule has 0 fully saturated rings. The molecule has 154 valence electrons. The van der Waals surface area contributed by atoms with Gasteiger partial charge in [-0.05, 0) is 60.0 Å². The number of benzene rings is 3. The van der Waals surface area contributed by atoms with Gasteiger partial charge in [0.2, 0.25) is 0 Å². The van der Waals surface area contributed by atoms with Crippen LogP contribution in [0.2, 0.25) is 0 Å². The molecule has 7 heteroatoms. The second-order valence-electron chi connectivity index (χ2n) is 6.72. The number of nitro groups is 1. The van der Waals surface area contributed by atoms with E-state index < -0.39 is 10.8 Å². The molecular formula is C24H19N3O4. The van der Waals surface area contributed by atoms with E-state index >= 15 is 0 Å². The van der Waals surface area contributed by atoms with Gasteiger partial charge in [-0.3, -0.25) is 14.9 Å². The van der Waals surface area contributed by atoms with Crippen molar-refractivity contribution < 1.29 is 14.5 Å². The summed E-state index contributed by atoms with van der Waals surface area (Å²) in [6.45, 7) is 2.10. The van der Waals surface area contributed by atoms with E-state index in [2.05, 4.69) is 5.32 Å². The largest absolute Gasteiger partial charge is 0.489 e. The van der Waals surface area contributed by atoms with Crippen LogP contribution in [0.1, 0.15) is 16.7 Å². The minimum Gasteiger partial charge on any atom is -0.489 e. The van der Waals surface area contributed by atoms with Crippen LogP contribution < -0.4 is 10.1 Å². The van der Waals surface area contributed by atoms with E-state index in [1.165, 1.54) is 18.2 Å². The molecule has 7 nitrogen and oxygen atoms in total. The maximum Gasteiger partial charge on any atom is 0.269 e. The van der Waals surface area contributed by atoms with Crippen LogP contribution >= 0.6 is 0 Å². The molecule has 0 unspecified atom stereocenters. The summed E-state index contributed by atoms with van der Waals surface area (Å²) in [5.74, 6) is 0.0534. The van der Waals surface area contributed by atoms with E-state index in [-0.39, 0.29) is 17.9 Å². The third-order valence-corrected chi connectivity index (χ3v) is 4.48. The molecule has 1 amide bonds. The van der Waals surface area contributed by atoms with Gasteiger partial charge in [-0.25, -0.2) is 0 Å². The van der Waals surface area contributed by atoms with Crippen molar-refractivity contribution in [3.05, 3.63) is 105 Å². The second kappa shape index (κ2) is 9.85. The zero-order valence-electron chi connectivity index (χ0n) is 16.7. The van der Waals surface area contributed by atoms with Crippen molar-refractivity contribution in [2.45, 2.75) is 13.5 Å². The first-order valence-corrected chi connectivity index (χ1v) is 9.41. The van der Waals surface area contributed by atoms with E-state index in [0.29, 0.717) is 17.0 Å². The summed E-state index contributed by atoms with van der Waals surface area (Å²) < 4.78 is 5.74. The van der Waals surface area contributed by atoms with Crippen LogP contribution in [0.4, 0.5) is 11.4 Å². The average molecular weight is 413 g/mol. The predicted molar refractivity (Wildman–Crippen MR) is 117 cm³/mol. The lowest BCUT2D eigenvalue weighted by Gasteiger charge is -2.08. The Bertz CT molecular complexity index is 1180. The summed E-state index contributed by atoms with van der Waals surface area (Å²) in [6.07, 6.45) is 1.49. The topological polar surface area (TPSA) is 105 Å². The third kappa shape index (κ3) is 5.78. The van der Waals surface area contributed by atoms with Gasteiger partial charge in [-0.1, -0.05) is 30.3 Å². The van der Waals surface area contributed by atoms with Gasteiger partial charge in [0.05, 0.1) is 4.92 Å². The fraction of sp³-hybridized carbons (Fsp3) is 0.0833. The first-order chi connectivity index (χ1) is 15.0. The number of aryl methyl sites for hydroxylation is 1. The fourth-order valence-electron chi connectivity index (χ4n) is 2.79. The summed E-state index contributed by atoms with van der Waals surface area (Å²) in [7, 11) is 0. The molecule has 0 bridgehead atoms. The van der Waals surface area contributed by atoms with Gasteiger partial charge >= 0.3 is 0 Å². The molecule has 0 saturated carbocycles. The van der Waals surface area contributed by atoms with Gasteiger partial charge in [-0.15, -0.1) is 0 Å². The standard InChI is InChI=1S/C24H19N3O4/c1-17-5-2-3-8-23(17)26-24(28)20(15-25)13-19-6-4-7-22(14-19)31-16-18-9-11-21(12-10-18)27(29)30/h2-14H,16H2,1H3,(H,26,28)/b20-13-. The SMILES string of the molecule is Cc1ccccc1NC(=O)/C(C#N)=C\c1cccc(OCc2ccc([N+](=O)[O-])cc2)c1. The zero-order chi connectivity index (χ0) is 22.2. The Morgan fingerprint density at radius 2 is 1.87 bits per heavy atom. The molecule has 0 spiro atoms. The number of nitriles is 1. The van der Waals surface area contributed by atoms with E-state index in [0.717, 1.165) is 11.1 Å². The molecule has 3 aromatic rings. The van der Waals surface area contributed by atoms with Gasteiger partial charge in [0, 0.05) is 17.8 Å². The van der Waals surface area contributed by atoms with Gasteiger partial charge in [0.15, 0.2) is 0 Å². The summed E-state index contributed by atoms with van der Waals surface area (Å²) in [6, 6.07) is 22.3. The lowest BCUT2D eigenvalue weighted by molar-refractivity contribution is -0.384. The zero-order valence-corrected chi connectivity index (χ0v) is 16.7. The van der Waals surface area contributed by atoms with Crippen LogP contribution in [0, 0.1) is 28.4 Å². The van der Waals surface area contributed by atoms with Gasteiger partial charge in [0.25, 0.3) is 11.6 Å². The number of ether oxygens (including phenoxy) is 1. The number of hydrogen-bond acceptors (Lipinski definition) is 5. The number of nitrogens with one attached hydrogen (secondary N) is 1. The van der Waals surface area contributed by atoms with Gasteiger partial charge in [-0.2, -0.15) is 5.26 Å². The van der Waals surface area contributed by atoms with E-state index in [9.17, 15) is 20.2 Å². The lowest BCUT2D eigenvalue weighted by Crippen LogP contribution is -2.14. The molecule has 1 N–H and O–H groups in total. The highest BCUT2D eigenvalue weighted by Crippen LogP contribution is 2.20. The highest BCUT2D eigenvalue weighted by Gasteiger charge is 2.11. The van der Waals surface area contributed by atoms with Crippen LogP contribution in [0.15, 0.2) is 78.4 Å². The molecule has 0 saturated heterocycles. The number of rotatable bonds is 7. The van der Waals surface area contributed by atoms with Crippen LogP contribution in [-0.2, 0) is 11.4 Å². The first kappa shape index (κ1) is 21.3. The number of amides is 1. The molecule has 3 aromatic carbocycles. The first-order valence-electron chi connectivity index (χ1n) is 9.41. The van der Waals surface area contributed by atoms with Crippen molar-refractivity contribution >= 4 is 23.4 Å². The Balaban J connectivity index is 1.69. The van der Waals surface area contributed by atoms with Crippen LogP contribution in [0.3, 0.4) is 0 Å². The summed E-state index contributed by atoms with van der Waals surface area (Å²) in [4.78, 5) is 22.8. The Labute approximate surface area is 179 Å². The summed E-state index contributed by atoms with van der Waals surface area (Å²) in [5, 5.41) is 22.9. The molecule has 0 radical (unpaired) electrons. The highest BCUT2D eigenvalue weighted by molar-refractivity contribution is 6.09. The van der Waals surface area contributed by atoms with Crippen molar-refractivity contribution in [2.24, 2.45) is 0 Å². The third-order valence-electron chi connectivity index (χ3n) is 4.48. The number of nitro benzene ring substituents is 1. The van der Waals surface area contributed by atoms with Crippen LogP contribution in [0.5, 0.6) is 5.75 Å². The molecule has 0 aliphatic carbocycles. The quantitative estimate of drug-likeness (QED) is 0.253. The Hall–Kier alpha value is -4.44. The Kier molecular flexibility index (Phi) is 6.76. The molecule has 0 heterocycles. The summed E-state index contributed by atoms with van der Waals surface area (Å²) >= 11 is 0. The van der Waals surface area contributed by atoms with E-state index in [1.54, 1.807) is 42.5 Å². The minimum absolute atomic E-state index is 0.0175. The smallest absolute Gasteiger partial charge is 0.269 e. The molecule has 3 rings (SSSR count). The minimum atomic E-state index is -0.492. The van der Waals surface area contributed by atoms with Crippen LogP contribution in [0.25, 0.3) is 6.08 Å². The number of carbonyl (C=O) groups excluding carboxylic acids is 1.